The highest BCUT2D eigenvalue weighted by atomic mass is 32.1. The van der Waals surface area contributed by atoms with Crippen molar-refractivity contribution < 1.29 is 9.59 Å². The van der Waals surface area contributed by atoms with Gasteiger partial charge in [0.1, 0.15) is 0 Å². The van der Waals surface area contributed by atoms with Crippen LogP contribution in [0.1, 0.15) is 42.5 Å². The van der Waals surface area contributed by atoms with Gasteiger partial charge in [-0.2, -0.15) is 0 Å². The molecule has 136 valence electrons. The zero-order chi connectivity index (χ0) is 18.1. The van der Waals surface area contributed by atoms with Gasteiger partial charge in [0.05, 0.1) is 15.6 Å². The molecular weight excluding hydrogens is 354 g/mol. The fourth-order valence-electron chi connectivity index (χ4n) is 2.39. The van der Waals surface area contributed by atoms with Crippen LogP contribution in [0.2, 0.25) is 0 Å². The molecule has 0 bridgehead atoms. The van der Waals surface area contributed by atoms with Gasteiger partial charge in [-0.1, -0.05) is 6.42 Å². The zero-order valence-electron chi connectivity index (χ0n) is 14.8. The van der Waals surface area contributed by atoms with Crippen LogP contribution >= 0.6 is 22.7 Å². The van der Waals surface area contributed by atoms with Gasteiger partial charge in [-0.05, 0) is 38.3 Å². The Morgan fingerprint density at radius 2 is 1.96 bits per heavy atom. The lowest BCUT2D eigenvalue weighted by Crippen LogP contribution is -2.25. The van der Waals surface area contributed by atoms with Crippen molar-refractivity contribution in [2.24, 2.45) is 0 Å². The Kier molecular flexibility index (Phi) is 8.08. The number of carbonyl (C=O) groups excluding carboxylic acids is 2. The minimum atomic E-state index is -0.000563. The van der Waals surface area contributed by atoms with Crippen molar-refractivity contribution in [3.63, 3.8) is 0 Å². The van der Waals surface area contributed by atoms with Crippen LogP contribution in [-0.4, -0.2) is 29.9 Å². The number of unbranched alkanes of at least 4 members (excludes halogenated alkanes) is 2. The summed E-state index contributed by atoms with van der Waals surface area (Å²) < 4.78 is 0. The van der Waals surface area contributed by atoms with Gasteiger partial charge in [-0.15, -0.1) is 22.7 Å². The van der Waals surface area contributed by atoms with E-state index in [1.54, 1.807) is 22.7 Å². The first-order valence-corrected chi connectivity index (χ1v) is 10.3. The number of amides is 2. The molecule has 7 heteroatoms. The molecule has 0 radical (unpaired) electrons. The summed E-state index contributed by atoms with van der Waals surface area (Å²) in [5, 5.41) is 8.90. The van der Waals surface area contributed by atoms with Gasteiger partial charge in [-0.25, -0.2) is 4.98 Å². The average molecular weight is 380 g/mol. The highest BCUT2D eigenvalue weighted by Crippen LogP contribution is 2.29. The van der Waals surface area contributed by atoms with E-state index in [9.17, 15) is 9.59 Å². The average Bonchev–Trinajstić information content (AvgIpc) is 3.19. The quantitative estimate of drug-likeness (QED) is 0.620. The first-order chi connectivity index (χ1) is 12.0. The summed E-state index contributed by atoms with van der Waals surface area (Å²) in [6, 6.07) is 4.22. The smallest absolute Gasteiger partial charge is 0.220 e. The van der Waals surface area contributed by atoms with Crippen LogP contribution in [0.3, 0.4) is 0 Å². The van der Waals surface area contributed by atoms with E-state index in [2.05, 4.69) is 33.1 Å². The molecule has 0 aliphatic carbocycles. The molecule has 2 amide bonds. The SMILES string of the molecule is CC(=O)NCCCCCC(=O)NCCc1ccc(-c2csc(C)n2)s1. The lowest BCUT2D eigenvalue weighted by molar-refractivity contribution is -0.121. The minimum Gasteiger partial charge on any atom is -0.356 e. The summed E-state index contributed by atoms with van der Waals surface area (Å²) >= 11 is 3.40. The predicted octanol–water partition coefficient (Wildman–Crippen LogP) is 3.54. The van der Waals surface area contributed by atoms with Crippen molar-refractivity contribution in [2.45, 2.75) is 46.0 Å². The van der Waals surface area contributed by atoms with Gasteiger partial charge in [0, 0.05) is 36.7 Å². The fourth-order valence-corrected chi connectivity index (χ4v) is 4.05. The van der Waals surface area contributed by atoms with Crippen LogP contribution in [0.5, 0.6) is 0 Å². The number of aromatic nitrogens is 1. The van der Waals surface area contributed by atoms with Crippen molar-refractivity contribution >= 4 is 34.5 Å². The molecule has 0 aliphatic heterocycles. The molecule has 0 aromatic carbocycles. The highest BCUT2D eigenvalue weighted by molar-refractivity contribution is 7.16. The summed E-state index contributed by atoms with van der Waals surface area (Å²) in [4.78, 5) is 29.5. The van der Waals surface area contributed by atoms with Crippen LogP contribution in [-0.2, 0) is 16.0 Å². The molecule has 2 heterocycles. The second-order valence-electron chi connectivity index (χ2n) is 5.91. The van der Waals surface area contributed by atoms with Crippen LogP contribution in [0.15, 0.2) is 17.5 Å². The molecule has 2 aromatic heterocycles. The third-order valence-corrected chi connectivity index (χ3v) is 5.62. The second-order valence-corrected chi connectivity index (χ2v) is 8.14. The van der Waals surface area contributed by atoms with Crippen LogP contribution in [0.4, 0.5) is 0 Å². The van der Waals surface area contributed by atoms with E-state index in [1.165, 1.54) is 16.7 Å². The lowest BCUT2D eigenvalue weighted by atomic mass is 10.2. The standard InChI is InChI=1S/C18H25N3O2S2/c1-13(22)19-10-5-3-4-6-18(23)20-11-9-15-7-8-17(25-15)16-12-24-14(2)21-16/h7-8,12H,3-6,9-11H2,1-2H3,(H,19,22)(H,20,23). The Hall–Kier alpha value is -1.73. The highest BCUT2D eigenvalue weighted by Gasteiger charge is 2.07. The van der Waals surface area contributed by atoms with E-state index >= 15 is 0 Å². The second kappa shape index (κ2) is 10.3. The fraction of sp³-hybridized carbons (Fsp3) is 0.500. The maximum absolute atomic E-state index is 11.8. The van der Waals surface area contributed by atoms with Gasteiger partial charge < -0.3 is 10.6 Å². The predicted molar refractivity (Wildman–Crippen MR) is 104 cm³/mol. The molecule has 0 saturated carbocycles. The minimum absolute atomic E-state index is 0.000563. The van der Waals surface area contributed by atoms with E-state index in [4.69, 9.17) is 0 Å². The third-order valence-electron chi connectivity index (χ3n) is 3.68. The summed E-state index contributed by atoms with van der Waals surface area (Å²) in [5.74, 6) is 0.103. The Morgan fingerprint density at radius 1 is 1.12 bits per heavy atom. The van der Waals surface area contributed by atoms with Crippen molar-refractivity contribution in [3.8, 4) is 10.6 Å². The van der Waals surface area contributed by atoms with Crippen LogP contribution in [0.25, 0.3) is 10.6 Å². The largest absolute Gasteiger partial charge is 0.356 e. The number of thiazole rings is 1. The topological polar surface area (TPSA) is 71.1 Å². The van der Waals surface area contributed by atoms with Gasteiger partial charge in [-0.3, -0.25) is 9.59 Å². The molecule has 0 fully saturated rings. The van der Waals surface area contributed by atoms with Crippen molar-refractivity contribution in [1.82, 2.24) is 15.6 Å². The maximum atomic E-state index is 11.8. The van der Waals surface area contributed by atoms with Crippen LogP contribution < -0.4 is 10.6 Å². The molecule has 2 rings (SSSR count). The number of thiophene rings is 1. The molecular formula is C18H25N3O2S2. The summed E-state index contributed by atoms with van der Waals surface area (Å²) in [7, 11) is 0. The van der Waals surface area contributed by atoms with E-state index in [-0.39, 0.29) is 11.8 Å². The third kappa shape index (κ3) is 7.36. The van der Waals surface area contributed by atoms with E-state index in [1.807, 2.05) is 6.92 Å². The molecule has 5 nitrogen and oxygen atoms in total. The van der Waals surface area contributed by atoms with Crippen molar-refractivity contribution in [2.75, 3.05) is 13.1 Å². The Bertz CT molecular complexity index is 694. The van der Waals surface area contributed by atoms with Crippen molar-refractivity contribution in [1.29, 1.82) is 0 Å². The first-order valence-electron chi connectivity index (χ1n) is 8.57. The Balaban J connectivity index is 1.58. The van der Waals surface area contributed by atoms with Gasteiger partial charge >= 0.3 is 0 Å². The number of carbonyl (C=O) groups is 2. The van der Waals surface area contributed by atoms with Gasteiger partial charge in [0.15, 0.2) is 0 Å². The number of rotatable bonds is 10. The molecule has 0 saturated heterocycles. The number of nitrogens with zero attached hydrogens (tertiary/aromatic N) is 1. The number of nitrogens with one attached hydrogen (secondary N) is 2. The molecule has 2 N–H and O–H groups in total. The molecule has 0 aliphatic rings. The summed E-state index contributed by atoms with van der Waals surface area (Å²) in [6.07, 6.45) is 4.13. The van der Waals surface area contributed by atoms with Gasteiger partial charge in [0.2, 0.25) is 11.8 Å². The van der Waals surface area contributed by atoms with E-state index < -0.39 is 0 Å². The van der Waals surface area contributed by atoms with E-state index in [0.29, 0.717) is 19.5 Å². The summed E-state index contributed by atoms with van der Waals surface area (Å²) in [6.45, 7) is 4.89. The number of aryl methyl sites for hydroxylation is 1. The Morgan fingerprint density at radius 3 is 2.68 bits per heavy atom. The first kappa shape index (κ1) is 19.6. The zero-order valence-corrected chi connectivity index (χ0v) is 16.4. The molecule has 25 heavy (non-hydrogen) atoms. The molecule has 0 unspecified atom stereocenters. The molecule has 2 aromatic rings. The number of hydrogen-bond donors (Lipinski definition) is 2. The molecule has 0 spiro atoms. The molecule has 0 atom stereocenters. The van der Waals surface area contributed by atoms with Crippen LogP contribution in [0, 0.1) is 6.92 Å². The summed E-state index contributed by atoms with van der Waals surface area (Å²) in [5.41, 5.74) is 1.04. The van der Waals surface area contributed by atoms with Crippen molar-refractivity contribution in [3.05, 3.63) is 27.4 Å². The Labute approximate surface area is 156 Å². The van der Waals surface area contributed by atoms with Gasteiger partial charge in [0.25, 0.3) is 0 Å². The lowest BCUT2D eigenvalue weighted by Gasteiger charge is -2.05. The maximum Gasteiger partial charge on any atom is 0.220 e. The normalized spacial score (nSPS) is 10.6. The van der Waals surface area contributed by atoms with E-state index in [0.717, 1.165) is 36.4 Å². The monoisotopic (exact) mass is 379 g/mol. The number of hydrogen-bond acceptors (Lipinski definition) is 5.